The van der Waals surface area contributed by atoms with Crippen molar-refractivity contribution in [1.29, 1.82) is 0 Å². The largest absolute Gasteiger partial charge is 0.313 e. The van der Waals surface area contributed by atoms with Crippen molar-refractivity contribution in [2.24, 2.45) is 0 Å². The summed E-state index contributed by atoms with van der Waals surface area (Å²) in [4.78, 5) is 1.39. The van der Waals surface area contributed by atoms with E-state index in [4.69, 9.17) is 0 Å². The van der Waals surface area contributed by atoms with Crippen LogP contribution in [0.5, 0.6) is 0 Å². The summed E-state index contributed by atoms with van der Waals surface area (Å²) in [5.41, 5.74) is 4.09. The van der Waals surface area contributed by atoms with E-state index in [1.807, 2.05) is 18.4 Å². The Morgan fingerprint density at radius 1 is 1.19 bits per heavy atom. The summed E-state index contributed by atoms with van der Waals surface area (Å²) in [6.45, 7) is 4.37. The highest BCUT2D eigenvalue weighted by atomic mass is 32.1. The Labute approximate surface area is 101 Å². The van der Waals surface area contributed by atoms with E-state index in [-0.39, 0.29) is 0 Å². The third kappa shape index (κ3) is 2.04. The summed E-state index contributed by atoms with van der Waals surface area (Å²) in [7, 11) is 2.00. The summed E-state index contributed by atoms with van der Waals surface area (Å²) < 4.78 is 0. The number of nitrogens with one attached hydrogen (secondary N) is 1. The Bertz CT molecular complexity index is 473. The first-order valence-electron chi connectivity index (χ1n) is 5.54. The third-order valence-corrected chi connectivity index (χ3v) is 4.02. The second-order valence-electron chi connectivity index (χ2n) is 4.03. The van der Waals surface area contributed by atoms with Gasteiger partial charge in [-0.25, -0.2) is 0 Å². The van der Waals surface area contributed by atoms with Crippen LogP contribution >= 0.6 is 11.3 Å². The van der Waals surface area contributed by atoms with Gasteiger partial charge in [0.2, 0.25) is 0 Å². The van der Waals surface area contributed by atoms with Gasteiger partial charge in [0.1, 0.15) is 0 Å². The average Bonchev–Trinajstić information content (AvgIpc) is 2.74. The topological polar surface area (TPSA) is 12.0 Å². The van der Waals surface area contributed by atoms with E-state index in [0.717, 1.165) is 0 Å². The summed E-state index contributed by atoms with van der Waals surface area (Å²) in [5, 5.41) is 5.47. The molecule has 1 N–H and O–H groups in total. The van der Waals surface area contributed by atoms with Crippen molar-refractivity contribution < 1.29 is 0 Å². The lowest BCUT2D eigenvalue weighted by molar-refractivity contribution is 0.654. The Morgan fingerprint density at radius 2 is 1.94 bits per heavy atom. The maximum atomic E-state index is 3.31. The van der Waals surface area contributed by atoms with Gasteiger partial charge in [0.15, 0.2) is 0 Å². The first-order chi connectivity index (χ1) is 7.74. The van der Waals surface area contributed by atoms with E-state index in [1.165, 1.54) is 21.6 Å². The van der Waals surface area contributed by atoms with E-state index in [0.29, 0.717) is 6.04 Å². The number of benzene rings is 1. The Morgan fingerprint density at radius 3 is 2.56 bits per heavy atom. The van der Waals surface area contributed by atoms with Crippen LogP contribution in [0, 0.1) is 6.92 Å². The van der Waals surface area contributed by atoms with Crippen molar-refractivity contribution in [3.8, 4) is 10.4 Å². The van der Waals surface area contributed by atoms with Crippen molar-refractivity contribution >= 4 is 11.3 Å². The molecule has 2 heteroatoms. The molecule has 2 aromatic rings. The third-order valence-electron chi connectivity index (χ3n) is 2.97. The van der Waals surface area contributed by atoms with Gasteiger partial charge in [0, 0.05) is 10.9 Å². The Hall–Kier alpha value is -1.12. The number of hydrogen-bond donors (Lipinski definition) is 1. The van der Waals surface area contributed by atoms with Gasteiger partial charge in [-0.05, 0) is 49.0 Å². The fourth-order valence-corrected chi connectivity index (χ4v) is 2.86. The average molecular weight is 231 g/mol. The van der Waals surface area contributed by atoms with Gasteiger partial charge in [-0.1, -0.05) is 24.3 Å². The molecule has 0 fully saturated rings. The van der Waals surface area contributed by atoms with Gasteiger partial charge in [-0.2, -0.15) is 0 Å². The molecule has 0 spiro atoms. The zero-order valence-electron chi connectivity index (χ0n) is 9.95. The van der Waals surface area contributed by atoms with Crippen LogP contribution < -0.4 is 5.32 Å². The Kier molecular flexibility index (Phi) is 3.42. The summed E-state index contributed by atoms with van der Waals surface area (Å²) >= 11 is 1.82. The molecular formula is C14H17NS. The normalized spacial score (nSPS) is 12.7. The van der Waals surface area contributed by atoms with E-state index in [9.17, 15) is 0 Å². The zero-order valence-corrected chi connectivity index (χ0v) is 10.8. The van der Waals surface area contributed by atoms with Crippen molar-refractivity contribution in [2.45, 2.75) is 19.9 Å². The molecule has 0 bridgehead atoms. The van der Waals surface area contributed by atoms with Gasteiger partial charge in [0.25, 0.3) is 0 Å². The molecule has 1 atom stereocenters. The molecule has 0 saturated heterocycles. The highest BCUT2D eigenvalue weighted by molar-refractivity contribution is 7.13. The predicted molar refractivity (Wildman–Crippen MR) is 72.0 cm³/mol. The fraction of sp³-hybridized carbons (Fsp3) is 0.286. The number of thiophene rings is 1. The number of aryl methyl sites for hydroxylation is 1. The monoisotopic (exact) mass is 231 g/mol. The smallest absolute Gasteiger partial charge is 0.0375 e. The minimum absolute atomic E-state index is 0.387. The van der Waals surface area contributed by atoms with Crippen LogP contribution in [0.1, 0.15) is 24.1 Å². The molecule has 0 aliphatic rings. The van der Waals surface area contributed by atoms with Crippen molar-refractivity contribution in [3.63, 3.8) is 0 Å². The van der Waals surface area contributed by atoms with Crippen molar-refractivity contribution in [3.05, 3.63) is 46.8 Å². The molecule has 0 amide bonds. The molecule has 0 radical (unpaired) electrons. The molecule has 0 aliphatic heterocycles. The van der Waals surface area contributed by atoms with Crippen LogP contribution in [0.4, 0.5) is 0 Å². The molecule has 1 nitrogen and oxygen atoms in total. The minimum atomic E-state index is 0.387. The molecule has 84 valence electrons. The SMILES string of the molecule is CNC(C)c1ccccc1-c1sccc1C. The molecule has 0 saturated carbocycles. The molecule has 1 aromatic heterocycles. The lowest BCUT2D eigenvalue weighted by atomic mass is 9.99. The second kappa shape index (κ2) is 4.81. The Balaban J connectivity index is 2.53. The standard InChI is InChI=1S/C14H17NS/c1-10-8-9-16-14(10)13-7-5-4-6-12(13)11(2)15-3/h4-9,11,15H,1-3H3. The van der Waals surface area contributed by atoms with Crippen LogP contribution in [0.25, 0.3) is 10.4 Å². The second-order valence-corrected chi connectivity index (χ2v) is 4.95. The molecule has 16 heavy (non-hydrogen) atoms. The number of hydrogen-bond acceptors (Lipinski definition) is 2. The van der Waals surface area contributed by atoms with Crippen LogP contribution in [-0.2, 0) is 0 Å². The molecule has 2 rings (SSSR count). The lowest BCUT2D eigenvalue weighted by Gasteiger charge is -2.15. The molecule has 0 aliphatic carbocycles. The zero-order chi connectivity index (χ0) is 11.5. The summed E-state index contributed by atoms with van der Waals surface area (Å²) in [6.07, 6.45) is 0. The van der Waals surface area contributed by atoms with E-state index in [2.05, 4.69) is 54.9 Å². The molecule has 1 unspecified atom stereocenters. The minimum Gasteiger partial charge on any atom is -0.313 e. The van der Waals surface area contributed by atoms with Crippen LogP contribution in [0.15, 0.2) is 35.7 Å². The highest BCUT2D eigenvalue weighted by Crippen LogP contribution is 2.34. The van der Waals surface area contributed by atoms with Crippen LogP contribution in [0.2, 0.25) is 0 Å². The first kappa shape index (κ1) is 11.4. The van der Waals surface area contributed by atoms with E-state index >= 15 is 0 Å². The first-order valence-corrected chi connectivity index (χ1v) is 6.42. The lowest BCUT2D eigenvalue weighted by Crippen LogP contribution is -2.13. The van der Waals surface area contributed by atoms with Gasteiger partial charge in [-0.15, -0.1) is 11.3 Å². The van der Waals surface area contributed by atoms with Gasteiger partial charge in [0.05, 0.1) is 0 Å². The van der Waals surface area contributed by atoms with E-state index < -0.39 is 0 Å². The van der Waals surface area contributed by atoms with E-state index in [1.54, 1.807) is 0 Å². The molecule has 1 heterocycles. The quantitative estimate of drug-likeness (QED) is 0.841. The fourth-order valence-electron chi connectivity index (χ4n) is 1.89. The molecule has 1 aromatic carbocycles. The molecular weight excluding hydrogens is 214 g/mol. The maximum Gasteiger partial charge on any atom is 0.0375 e. The summed E-state index contributed by atoms with van der Waals surface area (Å²) in [5.74, 6) is 0. The van der Waals surface area contributed by atoms with Crippen LogP contribution in [-0.4, -0.2) is 7.05 Å². The number of rotatable bonds is 3. The predicted octanol–water partition coefficient (Wildman–Crippen LogP) is 4.00. The maximum absolute atomic E-state index is 3.31. The summed E-state index contributed by atoms with van der Waals surface area (Å²) in [6, 6.07) is 11.2. The van der Waals surface area contributed by atoms with Gasteiger partial charge in [-0.3, -0.25) is 0 Å². The van der Waals surface area contributed by atoms with Crippen LogP contribution in [0.3, 0.4) is 0 Å². The van der Waals surface area contributed by atoms with Gasteiger partial charge < -0.3 is 5.32 Å². The van der Waals surface area contributed by atoms with Crippen molar-refractivity contribution in [1.82, 2.24) is 5.32 Å². The highest BCUT2D eigenvalue weighted by Gasteiger charge is 2.11. The van der Waals surface area contributed by atoms with Crippen molar-refractivity contribution in [2.75, 3.05) is 7.05 Å². The van der Waals surface area contributed by atoms with Gasteiger partial charge >= 0.3 is 0 Å².